The molecule has 1 aromatic rings. The van der Waals surface area contributed by atoms with Gasteiger partial charge in [-0.1, -0.05) is 30.4 Å². The van der Waals surface area contributed by atoms with Gasteiger partial charge in [0.15, 0.2) is 0 Å². The van der Waals surface area contributed by atoms with Gasteiger partial charge in [-0.25, -0.2) is 4.79 Å². The molecule has 0 saturated carbocycles. The SMILES string of the molecule is O=C1OC[C@@H](O)[C@@H](O)[C@H](O)[C@H](O)COC/C=C/c2ccccc21. The Morgan fingerprint density at radius 3 is 2.35 bits per heavy atom. The van der Waals surface area contributed by atoms with E-state index in [1.165, 1.54) is 0 Å². The van der Waals surface area contributed by atoms with Crippen LogP contribution >= 0.6 is 0 Å². The topological polar surface area (TPSA) is 116 Å². The highest BCUT2D eigenvalue weighted by Gasteiger charge is 2.31. The number of aliphatic hydroxyl groups is 4. The summed E-state index contributed by atoms with van der Waals surface area (Å²) in [6, 6.07) is 6.75. The van der Waals surface area contributed by atoms with Gasteiger partial charge in [-0.05, 0) is 11.6 Å². The van der Waals surface area contributed by atoms with E-state index in [2.05, 4.69) is 0 Å². The number of aliphatic hydroxyl groups excluding tert-OH is 4. The lowest BCUT2D eigenvalue weighted by Gasteiger charge is -2.26. The minimum absolute atomic E-state index is 0.145. The van der Waals surface area contributed by atoms with Crippen LogP contribution in [0.1, 0.15) is 15.9 Å². The van der Waals surface area contributed by atoms with E-state index < -0.39 is 37.0 Å². The standard InChI is InChI=1S/C16H20O7/c17-12-8-22-7-3-5-10-4-1-2-6-11(10)16(21)23-9-13(18)15(20)14(12)19/h1-6,12-15,17-20H,7-9H2/b5-3+/t12-,13-,14-,15-/m1/s1. The molecule has 0 saturated heterocycles. The van der Waals surface area contributed by atoms with Gasteiger partial charge in [-0.2, -0.15) is 0 Å². The first-order valence-electron chi connectivity index (χ1n) is 7.23. The van der Waals surface area contributed by atoms with Crippen LogP contribution in [0.15, 0.2) is 30.3 Å². The first-order chi connectivity index (χ1) is 11.0. The number of fused-ring (bicyclic) bond motifs is 1. The molecule has 0 aliphatic carbocycles. The van der Waals surface area contributed by atoms with Crippen molar-refractivity contribution in [2.45, 2.75) is 24.4 Å². The number of hydrogen-bond acceptors (Lipinski definition) is 7. The molecule has 1 aromatic carbocycles. The van der Waals surface area contributed by atoms with Gasteiger partial charge in [-0.15, -0.1) is 0 Å². The van der Waals surface area contributed by atoms with Crippen LogP contribution in [0.4, 0.5) is 0 Å². The van der Waals surface area contributed by atoms with Gasteiger partial charge >= 0.3 is 5.97 Å². The zero-order valence-corrected chi connectivity index (χ0v) is 12.4. The van der Waals surface area contributed by atoms with Gasteiger partial charge in [0.1, 0.15) is 31.0 Å². The van der Waals surface area contributed by atoms with Crippen molar-refractivity contribution in [3.05, 3.63) is 41.5 Å². The summed E-state index contributed by atoms with van der Waals surface area (Å²) in [6.07, 6.45) is -2.87. The van der Waals surface area contributed by atoms with Crippen molar-refractivity contribution in [3.8, 4) is 0 Å². The smallest absolute Gasteiger partial charge is 0.338 e. The van der Waals surface area contributed by atoms with Gasteiger partial charge in [-0.3, -0.25) is 0 Å². The maximum atomic E-state index is 12.1. The monoisotopic (exact) mass is 324 g/mol. The second kappa shape index (κ2) is 8.19. The first kappa shape index (κ1) is 17.6. The van der Waals surface area contributed by atoms with Crippen LogP contribution in [0, 0.1) is 0 Å². The van der Waals surface area contributed by atoms with E-state index in [1.54, 1.807) is 36.4 Å². The molecule has 0 amide bonds. The van der Waals surface area contributed by atoms with Crippen LogP contribution in [0.3, 0.4) is 0 Å². The summed E-state index contributed by atoms with van der Waals surface area (Å²) in [6.45, 7) is -0.578. The largest absolute Gasteiger partial charge is 0.459 e. The van der Waals surface area contributed by atoms with Gasteiger partial charge in [0.25, 0.3) is 0 Å². The van der Waals surface area contributed by atoms with Gasteiger partial charge in [0.2, 0.25) is 0 Å². The predicted molar refractivity (Wildman–Crippen MR) is 80.6 cm³/mol. The molecule has 1 aliphatic heterocycles. The summed E-state index contributed by atoms with van der Waals surface area (Å²) in [5.74, 6) is -0.662. The Bertz CT molecular complexity index is 557. The fourth-order valence-electron chi connectivity index (χ4n) is 2.15. The van der Waals surface area contributed by atoms with Crippen LogP contribution < -0.4 is 0 Å². The lowest BCUT2D eigenvalue weighted by molar-refractivity contribution is -0.128. The Hall–Kier alpha value is -1.77. The molecule has 1 heterocycles. The molecule has 23 heavy (non-hydrogen) atoms. The summed E-state index contributed by atoms with van der Waals surface area (Å²) in [4.78, 5) is 12.1. The Kier molecular flexibility index (Phi) is 6.26. The molecule has 126 valence electrons. The van der Waals surface area contributed by atoms with E-state index in [1.807, 2.05) is 0 Å². The van der Waals surface area contributed by atoms with Crippen LogP contribution in [0.5, 0.6) is 0 Å². The van der Waals surface area contributed by atoms with Crippen molar-refractivity contribution in [1.29, 1.82) is 0 Å². The number of rotatable bonds is 0. The Morgan fingerprint density at radius 2 is 1.61 bits per heavy atom. The predicted octanol–water partition coefficient (Wildman–Crippen LogP) is -0.670. The van der Waals surface area contributed by atoms with Crippen molar-refractivity contribution >= 4 is 12.0 Å². The minimum Gasteiger partial charge on any atom is -0.459 e. The molecule has 7 nitrogen and oxygen atoms in total. The number of carbonyl (C=O) groups excluding carboxylic acids is 1. The summed E-state index contributed by atoms with van der Waals surface area (Å²) in [5.41, 5.74) is 0.928. The van der Waals surface area contributed by atoms with Crippen molar-refractivity contribution in [1.82, 2.24) is 0 Å². The van der Waals surface area contributed by atoms with E-state index in [0.29, 0.717) is 11.1 Å². The fourth-order valence-corrected chi connectivity index (χ4v) is 2.15. The van der Waals surface area contributed by atoms with Gasteiger partial charge < -0.3 is 29.9 Å². The molecule has 0 spiro atoms. The van der Waals surface area contributed by atoms with Crippen molar-refractivity contribution in [2.24, 2.45) is 0 Å². The Morgan fingerprint density at radius 1 is 0.957 bits per heavy atom. The van der Waals surface area contributed by atoms with E-state index in [0.717, 1.165) is 0 Å². The minimum atomic E-state index is -1.67. The molecule has 0 unspecified atom stereocenters. The molecule has 0 bridgehead atoms. The van der Waals surface area contributed by atoms with Crippen LogP contribution in [0.25, 0.3) is 6.08 Å². The molecular formula is C16H20O7. The molecule has 4 N–H and O–H groups in total. The Labute approximate surface area is 133 Å². The van der Waals surface area contributed by atoms with E-state index in [4.69, 9.17) is 9.47 Å². The zero-order chi connectivity index (χ0) is 16.8. The normalized spacial score (nSPS) is 31.6. The highest BCUT2D eigenvalue weighted by molar-refractivity contribution is 5.93. The molecule has 0 radical (unpaired) electrons. The summed E-state index contributed by atoms with van der Waals surface area (Å²) >= 11 is 0. The molecule has 2 rings (SSSR count). The maximum absolute atomic E-state index is 12.1. The van der Waals surface area contributed by atoms with Crippen molar-refractivity contribution in [2.75, 3.05) is 19.8 Å². The third-order valence-corrected chi connectivity index (χ3v) is 3.50. The number of carbonyl (C=O) groups is 1. The first-order valence-corrected chi connectivity index (χ1v) is 7.23. The third-order valence-electron chi connectivity index (χ3n) is 3.50. The molecule has 7 heteroatoms. The highest BCUT2D eigenvalue weighted by Crippen LogP contribution is 2.14. The van der Waals surface area contributed by atoms with E-state index in [-0.39, 0.29) is 13.2 Å². The molecular weight excluding hydrogens is 304 g/mol. The second-order valence-electron chi connectivity index (χ2n) is 5.24. The van der Waals surface area contributed by atoms with E-state index >= 15 is 0 Å². The number of hydrogen-bond donors (Lipinski definition) is 4. The second-order valence-corrected chi connectivity index (χ2v) is 5.24. The van der Waals surface area contributed by atoms with Crippen LogP contribution in [-0.4, -0.2) is 70.6 Å². The average Bonchev–Trinajstić information content (AvgIpc) is 2.57. The maximum Gasteiger partial charge on any atom is 0.338 e. The molecule has 0 fully saturated rings. The molecule has 0 aromatic heterocycles. The lowest BCUT2D eigenvalue weighted by atomic mass is 10.0. The molecule has 4 atom stereocenters. The van der Waals surface area contributed by atoms with Crippen molar-refractivity contribution in [3.63, 3.8) is 0 Å². The van der Waals surface area contributed by atoms with E-state index in [9.17, 15) is 25.2 Å². The quantitative estimate of drug-likeness (QED) is 0.468. The number of ether oxygens (including phenoxy) is 2. The number of cyclic esters (lactones) is 1. The van der Waals surface area contributed by atoms with Gasteiger partial charge in [0.05, 0.1) is 18.8 Å². The number of benzene rings is 1. The lowest BCUT2D eigenvalue weighted by Crippen LogP contribution is -2.47. The number of esters is 1. The van der Waals surface area contributed by atoms with Crippen LogP contribution in [-0.2, 0) is 9.47 Å². The molecule has 1 aliphatic rings. The summed E-state index contributed by atoms with van der Waals surface area (Å²) in [5, 5.41) is 39.0. The van der Waals surface area contributed by atoms with Gasteiger partial charge in [0, 0.05) is 0 Å². The van der Waals surface area contributed by atoms with Crippen molar-refractivity contribution < 1.29 is 34.7 Å². The zero-order valence-electron chi connectivity index (χ0n) is 12.4. The summed E-state index contributed by atoms with van der Waals surface area (Å²) in [7, 11) is 0. The Balaban J connectivity index is 2.21. The highest BCUT2D eigenvalue weighted by atomic mass is 16.5. The van der Waals surface area contributed by atoms with Crippen LogP contribution in [0.2, 0.25) is 0 Å². The fraction of sp³-hybridized carbons (Fsp3) is 0.438. The summed E-state index contributed by atoms with van der Waals surface area (Å²) < 4.78 is 10.2. The third kappa shape index (κ3) is 4.60. The average molecular weight is 324 g/mol.